The number of aliphatic imine (C=N–C) groups is 1. The second-order valence-corrected chi connectivity index (χ2v) is 5.96. The number of hydrogen-bond donors (Lipinski definition) is 2. The average molecular weight is 347 g/mol. The molecule has 1 aromatic rings. The van der Waals surface area contributed by atoms with Crippen molar-refractivity contribution in [1.29, 1.82) is 0 Å². The summed E-state index contributed by atoms with van der Waals surface area (Å²) in [4.78, 5) is 27.9. The van der Waals surface area contributed by atoms with Crippen molar-refractivity contribution in [3.63, 3.8) is 0 Å². The van der Waals surface area contributed by atoms with E-state index in [4.69, 9.17) is 17.4 Å². The Morgan fingerprint density at radius 1 is 1.33 bits per heavy atom. The molecule has 0 aliphatic heterocycles. The second-order valence-electron chi connectivity index (χ2n) is 5.59. The predicted octanol–water partition coefficient (Wildman–Crippen LogP) is 2.49. The molecule has 3 N–H and O–H groups in total. The molecule has 0 spiro atoms. The van der Waals surface area contributed by atoms with E-state index in [9.17, 15) is 9.59 Å². The average Bonchev–Trinajstić information content (AvgIpc) is 2.51. The third kappa shape index (κ3) is 3.72. The Morgan fingerprint density at radius 3 is 2.54 bits per heavy atom. The minimum atomic E-state index is -0.417. The standard InChI is InChI=1S/C17H19ClN4O2/c1-9-7-12(22(4)19)5-6-13(9)21-14-8-15(20-11(3)23)17(24)16(18)10(14)2/h5-8H,19H2,1-4H3,(H,20,23). The molecule has 6 nitrogen and oxygen atoms in total. The Balaban J connectivity index is 2.48. The normalized spacial score (nSPS) is 16.3. The lowest BCUT2D eigenvalue weighted by molar-refractivity contribution is -0.120. The molecule has 1 amide bonds. The maximum atomic E-state index is 12.1. The number of amides is 1. The highest BCUT2D eigenvalue weighted by Crippen LogP contribution is 2.27. The Bertz CT molecular complexity index is 807. The maximum Gasteiger partial charge on any atom is 0.221 e. The van der Waals surface area contributed by atoms with Crippen molar-refractivity contribution in [3.8, 4) is 0 Å². The highest BCUT2D eigenvalue weighted by atomic mass is 35.5. The second kappa shape index (κ2) is 6.98. The Morgan fingerprint density at radius 2 is 2.00 bits per heavy atom. The van der Waals surface area contributed by atoms with Gasteiger partial charge >= 0.3 is 0 Å². The number of anilines is 1. The van der Waals surface area contributed by atoms with Gasteiger partial charge in [0, 0.05) is 14.0 Å². The smallest absolute Gasteiger partial charge is 0.221 e. The van der Waals surface area contributed by atoms with Crippen LogP contribution in [0.4, 0.5) is 11.4 Å². The van der Waals surface area contributed by atoms with Gasteiger partial charge in [-0.15, -0.1) is 0 Å². The van der Waals surface area contributed by atoms with Gasteiger partial charge in [0.2, 0.25) is 11.7 Å². The summed E-state index contributed by atoms with van der Waals surface area (Å²) >= 11 is 6.10. The first-order valence-corrected chi connectivity index (χ1v) is 7.67. The van der Waals surface area contributed by atoms with Crippen molar-refractivity contribution in [2.75, 3.05) is 12.1 Å². The van der Waals surface area contributed by atoms with Crippen LogP contribution in [0.15, 0.2) is 45.6 Å². The summed E-state index contributed by atoms with van der Waals surface area (Å²) in [6.45, 7) is 4.97. The number of nitrogens with zero attached hydrogens (tertiary/aromatic N) is 2. The summed E-state index contributed by atoms with van der Waals surface area (Å²) in [6.07, 6.45) is 1.54. The molecule has 24 heavy (non-hydrogen) atoms. The fourth-order valence-corrected chi connectivity index (χ4v) is 2.42. The molecular weight excluding hydrogens is 328 g/mol. The van der Waals surface area contributed by atoms with Gasteiger partial charge in [0.15, 0.2) is 0 Å². The van der Waals surface area contributed by atoms with E-state index in [1.54, 1.807) is 14.0 Å². The minimum Gasteiger partial charge on any atom is -0.323 e. The molecule has 0 aromatic heterocycles. The molecule has 0 saturated heterocycles. The van der Waals surface area contributed by atoms with Gasteiger partial charge in [-0.3, -0.25) is 9.59 Å². The van der Waals surface area contributed by atoms with Gasteiger partial charge in [-0.2, -0.15) is 0 Å². The number of nitrogens with one attached hydrogen (secondary N) is 1. The summed E-state index contributed by atoms with van der Waals surface area (Å²) in [5, 5.41) is 4.05. The van der Waals surface area contributed by atoms with Gasteiger partial charge in [-0.05, 0) is 49.3 Å². The maximum absolute atomic E-state index is 12.1. The Kier molecular flexibility index (Phi) is 5.21. The van der Waals surface area contributed by atoms with Crippen LogP contribution in [-0.2, 0) is 9.59 Å². The molecule has 0 bridgehead atoms. The van der Waals surface area contributed by atoms with Crippen molar-refractivity contribution in [1.82, 2.24) is 5.32 Å². The lowest BCUT2D eigenvalue weighted by Gasteiger charge is -2.17. The predicted molar refractivity (Wildman–Crippen MR) is 96.3 cm³/mol. The van der Waals surface area contributed by atoms with Gasteiger partial charge in [0.1, 0.15) is 0 Å². The summed E-state index contributed by atoms with van der Waals surface area (Å²) < 4.78 is 0. The fraction of sp³-hybridized carbons (Fsp3) is 0.235. The molecule has 0 radical (unpaired) electrons. The van der Waals surface area contributed by atoms with E-state index < -0.39 is 5.78 Å². The van der Waals surface area contributed by atoms with Crippen LogP contribution in [0.5, 0.6) is 0 Å². The molecule has 2 rings (SSSR count). The van der Waals surface area contributed by atoms with E-state index in [-0.39, 0.29) is 16.6 Å². The van der Waals surface area contributed by atoms with Crippen LogP contribution in [-0.4, -0.2) is 24.4 Å². The zero-order valence-corrected chi connectivity index (χ0v) is 14.7. The van der Waals surface area contributed by atoms with Crippen molar-refractivity contribution < 1.29 is 9.59 Å². The summed E-state index contributed by atoms with van der Waals surface area (Å²) in [7, 11) is 1.75. The largest absolute Gasteiger partial charge is 0.323 e. The van der Waals surface area contributed by atoms with E-state index in [2.05, 4.69) is 10.3 Å². The van der Waals surface area contributed by atoms with Crippen LogP contribution in [0.1, 0.15) is 19.4 Å². The molecule has 1 aromatic carbocycles. The number of Topliss-reactive ketones (excluding diaryl/α,β-unsaturated/α-hetero) is 1. The number of carbonyl (C=O) groups is 2. The highest BCUT2D eigenvalue weighted by molar-refractivity contribution is 6.49. The number of hydrogen-bond acceptors (Lipinski definition) is 5. The quantitative estimate of drug-likeness (QED) is 0.500. The van der Waals surface area contributed by atoms with Crippen molar-refractivity contribution >= 4 is 40.4 Å². The van der Waals surface area contributed by atoms with Crippen LogP contribution in [0.25, 0.3) is 0 Å². The zero-order valence-electron chi connectivity index (χ0n) is 14.0. The fourth-order valence-electron chi connectivity index (χ4n) is 2.22. The van der Waals surface area contributed by atoms with Crippen LogP contribution >= 0.6 is 11.6 Å². The lowest BCUT2D eigenvalue weighted by Crippen LogP contribution is -2.29. The Hall–Kier alpha value is -2.44. The monoisotopic (exact) mass is 346 g/mol. The summed E-state index contributed by atoms with van der Waals surface area (Å²) in [5.74, 6) is 4.96. The highest BCUT2D eigenvalue weighted by Gasteiger charge is 2.24. The topological polar surface area (TPSA) is 87.8 Å². The molecule has 126 valence electrons. The number of hydrazine groups is 1. The molecule has 1 aliphatic rings. The summed E-state index contributed by atoms with van der Waals surface area (Å²) in [6, 6.07) is 5.59. The van der Waals surface area contributed by atoms with Crippen LogP contribution < -0.4 is 16.2 Å². The number of aryl methyl sites for hydroxylation is 1. The van der Waals surface area contributed by atoms with E-state index >= 15 is 0 Å². The van der Waals surface area contributed by atoms with E-state index in [0.717, 1.165) is 16.9 Å². The molecule has 1 aliphatic carbocycles. The molecule has 0 atom stereocenters. The number of halogens is 1. The first kappa shape index (κ1) is 17.9. The third-order valence-corrected chi connectivity index (χ3v) is 4.03. The Labute approximate surface area is 145 Å². The van der Waals surface area contributed by atoms with Gasteiger partial charge in [0.25, 0.3) is 0 Å². The van der Waals surface area contributed by atoms with E-state index in [1.165, 1.54) is 18.0 Å². The molecule has 7 heteroatoms. The van der Waals surface area contributed by atoms with Crippen LogP contribution in [0, 0.1) is 6.92 Å². The molecule has 0 heterocycles. The van der Waals surface area contributed by atoms with Crippen LogP contribution in [0.3, 0.4) is 0 Å². The number of nitrogens with two attached hydrogens (primary N) is 1. The summed E-state index contributed by atoms with van der Waals surface area (Å²) in [5.41, 5.74) is 3.72. The number of carbonyl (C=O) groups excluding carboxylic acids is 2. The van der Waals surface area contributed by atoms with Gasteiger partial charge in [-0.1, -0.05) is 11.6 Å². The third-order valence-electron chi connectivity index (χ3n) is 3.58. The molecule has 0 saturated carbocycles. The van der Waals surface area contributed by atoms with Crippen molar-refractivity contribution in [2.24, 2.45) is 10.8 Å². The molecular formula is C17H19ClN4O2. The number of ketones is 1. The zero-order chi connectivity index (χ0) is 18.0. The molecule has 0 fully saturated rings. The molecule has 0 unspecified atom stereocenters. The van der Waals surface area contributed by atoms with Gasteiger partial charge < -0.3 is 10.3 Å². The van der Waals surface area contributed by atoms with Gasteiger partial charge in [-0.25, -0.2) is 10.8 Å². The van der Waals surface area contributed by atoms with E-state index in [0.29, 0.717) is 11.3 Å². The lowest BCUT2D eigenvalue weighted by atomic mass is 10.0. The van der Waals surface area contributed by atoms with E-state index in [1.807, 2.05) is 25.1 Å². The number of allylic oxidation sites excluding steroid dienone is 3. The first-order valence-electron chi connectivity index (χ1n) is 7.29. The van der Waals surface area contributed by atoms with Crippen LogP contribution in [0.2, 0.25) is 0 Å². The van der Waals surface area contributed by atoms with Crippen molar-refractivity contribution in [3.05, 3.63) is 46.1 Å². The SMILES string of the molecule is CC(=O)NC1=CC(=Nc2ccc(N(C)N)cc2C)C(C)=C(Cl)C1=O. The van der Waals surface area contributed by atoms with Gasteiger partial charge in [0.05, 0.1) is 27.8 Å². The minimum absolute atomic E-state index is 0.0518. The number of rotatable bonds is 3. The van der Waals surface area contributed by atoms with Crippen molar-refractivity contribution in [2.45, 2.75) is 20.8 Å². The first-order chi connectivity index (χ1) is 11.2. The number of benzene rings is 1.